The first kappa shape index (κ1) is 12.8. The van der Waals surface area contributed by atoms with E-state index in [2.05, 4.69) is 4.98 Å². The fraction of sp³-hybridized carbons (Fsp3) is 0.154. The molecule has 0 radical (unpaired) electrons. The monoisotopic (exact) mass is 266 g/mol. The normalized spacial score (nSPS) is 10.4. The molecular weight excluding hydrogens is 255 g/mol. The molecule has 0 bridgehead atoms. The molecule has 2 rings (SSSR count). The first-order valence-electron chi connectivity index (χ1n) is 5.41. The molecule has 2 N–H and O–H groups in total. The summed E-state index contributed by atoms with van der Waals surface area (Å²) in [4.78, 5) is 4.18. The van der Waals surface area contributed by atoms with E-state index < -0.39 is 5.82 Å². The minimum absolute atomic E-state index is 0.0766. The second-order valence-electron chi connectivity index (χ2n) is 3.73. The molecule has 1 aromatic carbocycles. The molecule has 1 heterocycles. The lowest BCUT2D eigenvalue weighted by Gasteiger charge is -2.06. The third kappa shape index (κ3) is 3.18. The van der Waals surface area contributed by atoms with Crippen LogP contribution in [0.1, 0.15) is 11.3 Å². The minimum Gasteiger partial charge on any atom is -0.487 e. The molecule has 94 valence electrons. The van der Waals surface area contributed by atoms with Crippen LogP contribution in [0, 0.1) is 5.82 Å². The van der Waals surface area contributed by atoms with Crippen LogP contribution in [0.3, 0.4) is 0 Å². The summed E-state index contributed by atoms with van der Waals surface area (Å²) in [5, 5.41) is 0.0766. The van der Waals surface area contributed by atoms with E-state index in [9.17, 15) is 4.39 Å². The number of hydrogen-bond donors (Lipinski definition) is 1. The molecule has 3 nitrogen and oxygen atoms in total. The molecule has 0 fully saturated rings. The molecule has 2 aromatic rings. The summed E-state index contributed by atoms with van der Waals surface area (Å²) in [7, 11) is 0. The van der Waals surface area contributed by atoms with Gasteiger partial charge < -0.3 is 10.5 Å². The molecule has 0 aliphatic heterocycles. The molecule has 0 aliphatic carbocycles. The van der Waals surface area contributed by atoms with Gasteiger partial charge in [0.1, 0.15) is 18.2 Å². The van der Waals surface area contributed by atoms with Crippen molar-refractivity contribution in [2.24, 2.45) is 5.73 Å². The lowest BCUT2D eigenvalue weighted by Crippen LogP contribution is -2.01. The fourth-order valence-corrected chi connectivity index (χ4v) is 1.50. The summed E-state index contributed by atoms with van der Waals surface area (Å²) in [5.74, 6) is -0.0813. The van der Waals surface area contributed by atoms with Crippen LogP contribution < -0.4 is 10.5 Å². The summed E-state index contributed by atoms with van der Waals surface area (Å²) in [6, 6.07) is 8.02. The van der Waals surface area contributed by atoms with Gasteiger partial charge in [-0.1, -0.05) is 17.7 Å². The largest absolute Gasteiger partial charge is 0.487 e. The van der Waals surface area contributed by atoms with E-state index in [1.807, 2.05) is 12.1 Å². The molecular formula is C13H12ClFN2O. The molecule has 0 aliphatic rings. The van der Waals surface area contributed by atoms with E-state index in [1.54, 1.807) is 12.3 Å². The van der Waals surface area contributed by atoms with Crippen LogP contribution in [-0.2, 0) is 13.2 Å². The van der Waals surface area contributed by atoms with Crippen LogP contribution in [-0.4, -0.2) is 4.98 Å². The van der Waals surface area contributed by atoms with E-state index in [-0.39, 0.29) is 11.6 Å². The third-order valence-electron chi connectivity index (χ3n) is 2.40. The van der Waals surface area contributed by atoms with Gasteiger partial charge in [-0.25, -0.2) is 4.39 Å². The van der Waals surface area contributed by atoms with E-state index in [1.165, 1.54) is 12.1 Å². The predicted octanol–water partition coefficient (Wildman–Crippen LogP) is 2.91. The highest BCUT2D eigenvalue weighted by Crippen LogP contribution is 2.20. The van der Waals surface area contributed by atoms with Gasteiger partial charge in [-0.05, 0) is 23.8 Å². The molecule has 0 atom stereocenters. The number of nitrogens with two attached hydrogens (primary N) is 1. The highest BCUT2D eigenvalue weighted by Gasteiger charge is 2.02. The van der Waals surface area contributed by atoms with Gasteiger partial charge in [-0.15, -0.1) is 0 Å². The Kier molecular flexibility index (Phi) is 4.12. The summed E-state index contributed by atoms with van der Waals surface area (Å²) >= 11 is 5.58. The quantitative estimate of drug-likeness (QED) is 0.926. The Morgan fingerprint density at radius 3 is 2.72 bits per heavy atom. The number of pyridine rings is 1. The SMILES string of the molecule is NCc1ccc(COc2ccc(Cl)c(F)c2)nc1. The standard InChI is InChI=1S/C13H12ClFN2O/c14-12-4-3-11(5-13(12)15)18-8-10-2-1-9(6-16)7-17-10/h1-5,7H,6,8,16H2. The number of rotatable bonds is 4. The van der Waals surface area contributed by atoms with Crippen LogP contribution in [0.2, 0.25) is 5.02 Å². The molecule has 18 heavy (non-hydrogen) atoms. The van der Waals surface area contributed by atoms with Crippen molar-refractivity contribution in [3.05, 3.63) is 58.6 Å². The summed E-state index contributed by atoms with van der Waals surface area (Å²) < 4.78 is 18.6. The highest BCUT2D eigenvalue weighted by molar-refractivity contribution is 6.30. The second kappa shape index (κ2) is 5.80. The minimum atomic E-state index is -0.499. The van der Waals surface area contributed by atoms with Crippen molar-refractivity contribution in [1.29, 1.82) is 0 Å². The number of nitrogens with zero attached hydrogens (tertiary/aromatic N) is 1. The Bertz CT molecular complexity index is 531. The molecule has 0 unspecified atom stereocenters. The Morgan fingerprint density at radius 1 is 1.28 bits per heavy atom. The van der Waals surface area contributed by atoms with Crippen LogP contribution >= 0.6 is 11.6 Å². The average molecular weight is 267 g/mol. The van der Waals surface area contributed by atoms with Gasteiger partial charge in [0, 0.05) is 18.8 Å². The van der Waals surface area contributed by atoms with Crippen LogP contribution in [0.25, 0.3) is 0 Å². The molecule has 1 aromatic heterocycles. The number of benzene rings is 1. The Balaban J connectivity index is 1.99. The lowest BCUT2D eigenvalue weighted by molar-refractivity contribution is 0.299. The number of halogens is 2. The van der Waals surface area contributed by atoms with E-state index in [0.29, 0.717) is 12.3 Å². The zero-order chi connectivity index (χ0) is 13.0. The van der Waals surface area contributed by atoms with Gasteiger partial charge in [0.15, 0.2) is 0 Å². The zero-order valence-electron chi connectivity index (χ0n) is 9.57. The topological polar surface area (TPSA) is 48.1 Å². The summed E-state index contributed by atoms with van der Waals surface area (Å²) in [6.45, 7) is 0.725. The fourth-order valence-electron chi connectivity index (χ4n) is 1.39. The number of aromatic nitrogens is 1. The van der Waals surface area contributed by atoms with E-state index in [0.717, 1.165) is 11.3 Å². The van der Waals surface area contributed by atoms with Gasteiger partial charge in [-0.2, -0.15) is 0 Å². The predicted molar refractivity (Wildman–Crippen MR) is 67.9 cm³/mol. The van der Waals surface area contributed by atoms with Gasteiger partial charge in [0.2, 0.25) is 0 Å². The number of ether oxygens (including phenoxy) is 1. The van der Waals surface area contributed by atoms with Crippen molar-refractivity contribution >= 4 is 11.6 Å². The molecule has 5 heteroatoms. The van der Waals surface area contributed by atoms with Crippen molar-refractivity contribution in [3.8, 4) is 5.75 Å². The Labute approximate surface area is 109 Å². The average Bonchev–Trinajstić information content (AvgIpc) is 2.41. The maximum Gasteiger partial charge on any atom is 0.145 e. The molecule has 0 saturated carbocycles. The van der Waals surface area contributed by atoms with Gasteiger partial charge >= 0.3 is 0 Å². The van der Waals surface area contributed by atoms with Crippen molar-refractivity contribution in [2.75, 3.05) is 0 Å². The first-order chi connectivity index (χ1) is 8.69. The zero-order valence-corrected chi connectivity index (χ0v) is 10.3. The summed E-state index contributed by atoms with van der Waals surface area (Å²) in [6.07, 6.45) is 1.70. The van der Waals surface area contributed by atoms with E-state index >= 15 is 0 Å². The van der Waals surface area contributed by atoms with E-state index in [4.69, 9.17) is 22.1 Å². The number of hydrogen-bond acceptors (Lipinski definition) is 3. The second-order valence-corrected chi connectivity index (χ2v) is 4.13. The smallest absolute Gasteiger partial charge is 0.145 e. The highest BCUT2D eigenvalue weighted by atomic mass is 35.5. The molecule has 0 amide bonds. The van der Waals surface area contributed by atoms with Crippen molar-refractivity contribution in [3.63, 3.8) is 0 Å². The van der Waals surface area contributed by atoms with Crippen LogP contribution in [0.4, 0.5) is 4.39 Å². The maximum absolute atomic E-state index is 13.2. The molecule has 0 spiro atoms. The van der Waals surface area contributed by atoms with Crippen LogP contribution in [0.15, 0.2) is 36.5 Å². The summed E-state index contributed by atoms with van der Waals surface area (Å²) in [5.41, 5.74) is 7.18. The Hall–Kier alpha value is -1.65. The third-order valence-corrected chi connectivity index (χ3v) is 2.71. The van der Waals surface area contributed by atoms with Crippen molar-refractivity contribution in [2.45, 2.75) is 13.2 Å². The van der Waals surface area contributed by atoms with Gasteiger partial charge in [0.05, 0.1) is 10.7 Å². The van der Waals surface area contributed by atoms with Crippen molar-refractivity contribution in [1.82, 2.24) is 4.98 Å². The van der Waals surface area contributed by atoms with Crippen molar-refractivity contribution < 1.29 is 9.13 Å². The molecule has 0 saturated heterocycles. The Morgan fingerprint density at radius 2 is 2.11 bits per heavy atom. The van der Waals surface area contributed by atoms with Crippen LogP contribution in [0.5, 0.6) is 5.75 Å². The van der Waals surface area contributed by atoms with Gasteiger partial charge in [-0.3, -0.25) is 4.98 Å². The first-order valence-corrected chi connectivity index (χ1v) is 5.78. The van der Waals surface area contributed by atoms with Gasteiger partial charge in [0.25, 0.3) is 0 Å². The maximum atomic E-state index is 13.2. The lowest BCUT2D eigenvalue weighted by atomic mass is 10.2.